The van der Waals surface area contributed by atoms with E-state index in [1.807, 2.05) is 60.7 Å². The van der Waals surface area contributed by atoms with Gasteiger partial charge in [-0.05, 0) is 53.4 Å². The summed E-state index contributed by atoms with van der Waals surface area (Å²) in [5.74, 6) is -0.716. The Morgan fingerprint density at radius 2 is 1.62 bits per heavy atom. The van der Waals surface area contributed by atoms with Crippen LogP contribution in [0.2, 0.25) is 0 Å². The van der Waals surface area contributed by atoms with Crippen LogP contribution in [0, 0.1) is 5.82 Å². The van der Waals surface area contributed by atoms with Gasteiger partial charge in [-0.3, -0.25) is 4.79 Å². The van der Waals surface area contributed by atoms with E-state index in [1.165, 1.54) is 12.1 Å². The van der Waals surface area contributed by atoms with E-state index in [0.29, 0.717) is 19.4 Å². The Hall–Kier alpha value is -3.94. The van der Waals surface area contributed by atoms with Gasteiger partial charge >= 0.3 is 5.97 Å². The predicted molar refractivity (Wildman–Crippen MR) is 154 cm³/mol. The van der Waals surface area contributed by atoms with Gasteiger partial charge in [-0.25, -0.2) is 4.39 Å². The maximum Gasteiger partial charge on any atom is 0.308 e. The van der Waals surface area contributed by atoms with Crippen molar-refractivity contribution >= 4 is 11.7 Å². The predicted octanol–water partition coefficient (Wildman–Crippen LogP) is 6.64. The van der Waals surface area contributed by atoms with Crippen LogP contribution in [0.3, 0.4) is 0 Å². The molecule has 0 spiro atoms. The van der Waals surface area contributed by atoms with Crippen molar-refractivity contribution < 1.29 is 24.1 Å². The maximum absolute atomic E-state index is 14.0. The minimum atomic E-state index is -1.04. The topological polar surface area (TPSA) is 83.7 Å². The van der Waals surface area contributed by atoms with Gasteiger partial charge < -0.3 is 24.8 Å². The fourth-order valence-electron chi connectivity index (χ4n) is 5.67. The number of aromatic nitrogens is 1. The molecule has 1 aromatic heterocycles. The number of aliphatic hydroxyl groups excluding tert-OH is 2. The minimum absolute atomic E-state index is 0.0117. The van der Waals surface area contributed by atoms with Crippen LogP contribution in [0.4, 0.5) is 10.1 Å². The van der Waals surface area contributed by atoms with Crippen molar-refractivity contribution in [3.05, 3.63) is 102 Å². The van der Waals surface area contributed by atoms with Gasteiger partial charge in [-0.2, -0.15) is 0 Å². The monoisotopic (exact) mass is 542 g/mol. The minimum Gasteiger partial charge on any atom is -0.462 e. The molecule has 2 heterocycles. The van der Waals surface area contributed by atoms with Crippen LogP contribution in [0.25, 0.3) is 22.4 Å². The van der Waals surface area contributed by atoms with E-state index in [2.05, 4.69) is 23.7 Å². The molecule has 1 fully saturated rings. The number of cyclic esters (lactones) is 1. The number of aliphatic hydroxyl groups is 2. The van der Waals surface area contributed by atoms with E-state index in [1.54, 1.807) is 12.1 Å². The van der Waals surface area contributed by atoms with Crippen LogP contribution in [-0.4, -0.2) is 33.0 Å². The zero-order valence-corrected chi connectivity index (χ0v) is 22.8. The Morgan fingerprint density at radius 3 is 2.25 bits per heavy atom. The van der Waals surface area contributed by atoms with Gasteiger partial charge in [-0.1, -0.05) is 62.4 Å². The molecule has 1 aliphatic rings. The fourth-order valence-corrected chi connectivity index (χ4v) is 5.67. The van der Waals surface area contributed by atoms with Crippen molar-refractivity contribution in [1.29, 1.82) is 0 Å². The molecule has 1 saturated heterocycles. The molecule has 3 N–H and O–H groups in total. The Labute approximate surface area is 234 Å². The Morgan fingerprint density at radius 1 is 0.975 bits per heavy atom. The number of anilines is 1. The average molecular weight is 543 g/mol. The van der Waals surface area contributed by atoms with E-state index in [9.17, 15) is 19.4 Å². The van der Waals surface area contributed by atoms with E-state index >= 15 is 0 Å². The molecular weight excluding hydrogens is 507 g/mol. The van der Waals surface area contributed by atoms with Gasteiger partial charge in [0.05, 0.1) is 18.2 Å². The molecule has 1 aliphatic heterocycles. The zero-order valence-electron chi connectivity index (χ0n) is 22.8. The highest BCUT2D eigenvalue weighted by atomic mass is 19.1. The number of benzene rings is 3. The lowest BCUT2D eigenvalue weighted by Crippen LogP contribution is -2.33. The highest BCUT2D eigenvalue weighted by Crippen LogP contribution is 2.45. The first-order valence-corrected chi connectivity index (χ1v) is 13.8. The van der Waals surface area contributed by atoms with Crippen molar-refractivity contribution in [3.8, 4) is 22.4 Å². The number of nitrogens with zero attached hydrogens (tertiary/aromatic N) is 1. The summed E-state index contributed by atoms with van der Waals surface area (Å²) in [5, 5.41) is 25.2. The largest absolute Gasteiger partial charge is 0.462 e. The van der Waals surface area contributed by atoms with Crippen molar-refractivity contribution in [2.75, 3.05) is 5.32 Å². The molecule has 6 nitrogen and oxygen atoms in total. The number of carbonyl (C=O) groups excluding carboxylic acids is 1. The molecule has 40 heavy (non-hydrogen) atoms. The molecule has 7 heteroatoms. The highest BCUT2D eigenvalue weighted by Gasteiger charge is 2.32. The first-order valence-electron chi connectivity index (χ1n) is 13.8. The molecule has 0 radical (unpaired) electrons. The molecule has 208 valence electrons. The molecule has 5 rings (SSSR count). The van der Waals surface area contributed by atoms with Crippen LogP contribution in [-0.2, 0) is 16.1 Å². The lowest BCUT2D eigenvalue weighted by Gasteiger charge is -2.27. The summed E-state index contributed by atoms with van der Waals surface area (Å²) < 4.78 is 21.8. The molecule has 3 atom stereocenters. The Kier molecular flexibility index (Phi) is 8.33. The summed E-state index contributed by atoms with van der Waals surface area (Å²) in [6.45, 7) is 4.64. The number of nitrogens with one attached hydrogen (secondary N) is 1. The number of hydrogen-bond acceptors (Lipinski definition) is 5. The number of hydrogen-bond donors (Lipinski definition) is 3. The van der Waals surface area contributed by atoms with Crippen molar-refractivity contribution in [2.45, 2.75) is 64.0 Å². The number of esters is 1. The summed E-state index contributed by atoms with van der Waals surface area (Å²) in [7, 11) is 0. The first-order chi connectivity index (χ1) is 19.3. The number of carbonyl (C=O) groups is 1. The molecule has 0 amide bonds. The summed E-state index contributed by atoms with van der Waals surface area (Å²) >= 11 is 0. The number of rotatable bonds is 9. The van der Waals surface area contributed by atoms with Gasteiger partial charge in [0.15, 0.2) is 6.23 Å². The zero-order chi connectivity index (χ0) is 28.2. The lowest BCUT2D eigenvalue weighted by atomic mass is 9.94. The summed E-state index contributed by atoms with van der Waals surface area (Å²) in [5.41, 5.74) is 5.88. The third kappa shape index (κ3) is 5.96. The summed E-state index contributed by atoms with van der Waals surface area (Å²) in [6.07, 6.45) is -1.30. The van der Waals surface area contributed by atoms with Crippen LogP contribution in [0.5, 0.6) is 0 Å². The molecule has 3 aromatic carbocycles. The van der Waals surface area contributed by atoms with Gasteiger partial charge in [0.2, 0.25) is 0 Å². The van der Waals surface area contributed by atoms with Gasteiger partial charge in [0, 0.05) is 41.9 Å². The second-order valence-electron chi connectivity index (χ2n) is 10.6. The molecule has 0 aliphatic carbocycles. The van der Waals surface area contributed by atoms with E-state index in [0.717, 1.165) is 39.3 Å². The average Bonchev–Trinajstić information content (AvgIpc) is 3.28. The van der Waals surface area contributed by atoms with Crippen LogP contribution < -0.4 is 5.32 Å². The van der Waals surface area contributed by atoms with Crippen molar-refractivity contribution in [1.82, 2.24) is 4.57 Å². The van der Waals surface area contributed by atoms with Crippen LogP contribution in [0.1, 0.15) is 56.5 Å². The number of ether oxygens (including phenoxy) is 1. The third-order valence-corrected chi connectivity index (χ3v) is 7.33. The molecule has 0 bridgehead atoms. The second-order valence-corrected chi connectivity index (χ2v) is 10.6. The highest BCUT2D eigenvalue weighted by molar-refractivity contribution is 5.86. The lowest BCUT2D eigenvalue weighted by molar-refractivity contribution is -0.160. The van der Waals surface area contributed by atoms with E-state index in [-0.39, 0.29) is 18.2 Å². The summed E-state index contributed by atoms with van der Waals surface area (Å²) in [6, 6.07) is 25.8. The summed E-state index contributed by atoms with van der Waals surface area (Å²) in [4.78, 5) is 12.0. The van der Waals surface area contributed by atoms with Gasteiger partial charge in [-0.15, -0.1) is 0 Å². The molecular formula is C33H35FN2O4. The quantitative estimate of drug-likeness (QED) is 0.163. The fraction of sp³-hybridized carbons (Fsp3) is 0.303. The second kappa shape index (κ2) is 12.1. The molecule has 4 aromatic rings. The number of halogens is 1. The maximum atomic E-state index is 14.0. The first kappa shape index (κ1) is 27.6. The smallest absolute Gasteiger partial charge is 0.308 e. The Bertz CT molecular complexity index is 1440. The molecule has 2 unspecified atom stereocenters. The van der Waals surface area contributed by atoms with Crippen molar-refractivity contribution in [2.24, 2.45) is 0 Å². The van der Waals surface area contributed by atoms with Gasteiger partial charge in [0.25, 0.3) is 0 Å². The van der Waals surface area contributed by atoms with E-state index in [4.69, 9.17) is 4.74 Å². The molecule has 0 saturated carbocycles. The van der Waals surface area contributed by atoms with Crippen molar-refractivity contribution in [3.63, 3.8) is 0 Å². The third-order valence-electron chi connectivity index (χ3n) is 7.33. The standard InChI is InChI=1S/C33H35FN2O4/c1-21(2)31-30(33(39)35-25-11-7-4-8-12-25)29(22-9-5-3-6-10-22)32(23-13-15-24(34)16-14-23)36(31)18-17-27-19-26(37)20-28(38)40-27/h3-16,21,26-27,33,35,37,39H,17-20H2,1-2H3/t26?,27-,33?/m1/s1. The van der Waals surface area contributed by atoms with Gasteiger partial charge in [0.1, 0.15) is 11.9 Å². The van der Waals surface area contributed by atoms with Crippen LogP contribution in [0.15, 0.2) is 84.9 Å². The number of para-hydroxylation sites is 1. The normalized spacial score (nSPS) is 18.0. The Balaban J connectivity index is 1.70. The van der Waals surface area contributed by atoms with E-state index < -0.39 is 24.4 Å². The SMILES string of the molecule is CC(C)c1c(C(O)Nc2ccccc2)c(-c2ccccc2)c(-c2ccc(F)cc2)n1CC[C@@H]1CC(O)CC(=O)O1. The van der Waals surface area contributed by atoms with Crippen LogP contribution >= 0.6 is 0 Å².